The van der Waals surface area contributed by atoms with Crippen LogP contribution >= 0.6 is 0 Å². The van der Waals surface area contributed by atoms with Crippen molar-refractivity contribution in [3.8, 4) is 11.8 Å². The van der Waals surface area contributed by atoms with Gasteiger partial charge in [-0.15, -0.1) is 5.92 Å². The number of hydrogen-bond acceptors (Lipinski definition) is 5. The molecule has 0 radical (unpaired) electrons. The van der Waals surface area contributed by atoms with Crippen molar-refractivity contribution in [1.29, 1.82) is 0 Å². The fraction of sp³-hybridized carbons (Fsp3) is 0.435. The molecule has 11 heteroatoms. The minimum Gasteiger partial charge on any atom is -0.341 e. The van der Waals surface area contributed by atoms with E-state index in [0.717, 1.165) is 29.5 Å². The summed E-state index contributed by atoms with van der Waals surface area (Å²) < 4.78 is 43.3. The lowest BCUT2D eigenvalue weighted by Gasteiger charge is -2.31. The van der Waals surface area contributed by atoms with Crippen molar-refractivity contribution in [1.82, 2.24) is 18.7 Å². The summed E-state index contributed by atoms with van der Waals surface area (Å²) in [5.74, 6) is 6.24. The molecule has 0 bridgehead atoms. The normalized spacial score (nSPS) is 16.5. The second-order valence-corrected chi connectivity index (χ2v) is 8.38. The molecule has 0 saturated carbocycles. The number of piperidine rings is 1. The minimum absolute atomic E-state index is 0.0411. The van der Waals surface area contributed by atoms with E-state index in [0.29, 0.717) is 19.0 Å². The number of imidazole rings is 1. The number of fused-ring (bicyclic) bond motifs is 1. The fourth-order valence-electron chi connectivity index (χ4n) is 4.27. The van der Waals surface area contributed by atoms with E-state index in [1.54, 1.807) is 11.5 Å². The fourth-order valence-corrected chi connectivity index (χ4v) is 4.27. The van der Waals surface area contributed by atoms with Crippen LogP contribution in [0.15, 0.2) is 33.9 Å². The second-order valence-electron chi connectivity index (χ2n) is 8.38. The zero-order valence-electron chi connectivity index (χ0n) is 18.9. The number of aromatic nitrogens is 4. The van der Waals surface area contributed by atoms with E-state index in [9.17, 15) is 22.8 Å². The van der Waals surface area contributed by atoms with Gasteiger partial charge in [-0.25, -0.2) is 4.79 Å². The zero-order valence-corrected chi connectivity index (χ0v) is 18.9. The van der Waals surface area contributed by atoms with Crippen molar-refractivity contribution in [3.05, 3.63) is 56.2 Å². The zero-order chi connectivity index (χ0) is 24.6. The molecule has 34 heavy (non-hydrogen) atoms. The van der Waals surface area contributed by atoms with Crippen LogP contribution in [0.25, 0.3) is 11.2 Å². The number of aryl methyl sites for hydroxylation is 1. The molecule has 0 spiro atoms. The number of alkyl halides is 3. The Morgan fingerprint density at radius 2 is 2.00 bits per heavy atom. The standard InChI is InChI=1S/C23H25F3N6O2/c1-3-4-11-31-18-19(28-21(31)30-10-6-9-17(27)14-30)29(2)22(34)32(20(18)33)13-15-7-5-8-16(12-15)23(24,25)26/h5,7-8,12,17H,6,9-11,13-14,27H2,1-2H3. The molecule has 1 aliphatic heterocycles. The van der Waals surface area contributed by atoms with E-state index >= 15 is 0 Å². The molecule has 2 aromatic heterocycles. The average molecular weight is 474 g/mol. The minimum atomic E-state index is -4.53. The van der Waals surface area contributed by atoms with Gasteiger partial charge in [-0.3, -0.25) is 18.5 Å². The van der Waals surface area contributed by atoms with E-state index in [-0.39, 0.29) is 35.9 Å². The molecule has 0 aliphatic carbocycles. The van der Waals surface area contributed by atoms with Crippen molar-refractivity contribution in [2.45, 2.75) is 45.1 Å². The summed E-state index contributed by atoms with van der Waals surface area (Å²) in [5.41, 5.74) is 4.56. The van der Waals surface area contributed by atoms with Gasteiger partial charge < -0.3 is 10.6 Å². The van der Waals surface area contributed by atoms with Crippen LogP contribution < -0.4 is 21.9 Å². The molecule has 1 unspecified atom stereocenters. The molecule has 1 atom stereocenters. The van der Waals surface area contributed by atoms with Crippen molar-refractivity contribution in [2.75, 3.05) is 18.0 Å². The van der Waals surface area contributed by atoms with Crippen molar-refractivity contribution in [2.24, 2.45) is 12.8 Å². The van der Waals surface area contributed by atoms with Gasteiger partial charge in [-0.05, 0) is 37.5 Å². The smallest absolute Gasteiger partial charge is 0.341 e. The molecule has 2 N–H and O–H groups in total. The third-order valence-electron chi connectivity index (χ3n) is 5.96. The molecule has 8 nitrogen and oxygen atoms in total. The van der Waals surface area contributed by atoms with Gasteiger partial charge in [-0.2, -0.15) is 18.2 Å². The van der Waals surface area contributed by atoms with Crippen molar-refractivity contribution in [3.63, 3.8) is 0 Å². The highest BCUT2D eigenvalue weighted by molar-refractivity contribution is 5.75. The Morgan fingerprint density at radius 1 is 1.24 bits per heavy atom. The molecule has 3 heterocycles. The predicted molar refractivity (Wildman–Crippen MR) is 123 cm³/mol. The van der Waals surface area contributed by atoms with Gasteiger partial charge >= 0.3 is 11.9 Å². The first-order valence-corrected chi connectivity index (χ1v) is 10.9. The molecular formula is C23H25F3N6O2. The van der Waals surface area contributed by atoms with Crippen LogP contribution in [0.1, 0.15) is 30.9 Å². The second kappa shape index (κ2) is 9.02. The van der Waals surface area contributed by atoms with Crippen LogP contribution in [0.5, 0.6) is 0 Å². The van der Waals surface area contributed by atoms with Gasteiger partial charge in [0.2, 0.25) is 5.95 Å². The lowest BCUT2D eigenvalue weighted by Crippen LogP contribution is -2.44. The third kappa shape index (κ3) is 4.33. The number of halogens is 3. The van der Waals surface area contributed by atoms with Crippen LogP contribution in [0, 0.1) is 11.8 Å². The number of nitrogens with zero attached hydrogens (tertiary/aromatic N) is 5. The van der Waals surface area contributed by atoms with Crippen LogP contribution in [0.3, 0.4) is 0 Å². The molecule has 1 aliphatic rings. The van der Waals surface area contributed by atoms with Crippen LogP contribution in [-0.2, 0) is 26.3 Å². The predicted octanol–water partition coefficient (Wildman–Crippen LogP) is 1.91. The first kappa shape index (κ1) is 23.6. The summed E-state index contributed by atoms with van der Waals surface area (Å²) >= 11 is 0. The van der Waals surface area contributed by atoms with Gasteiger partial charge in [0.15, 0.2) is 11.2 Å². The quantitative estimate of drug-likeness (QED) is 0.584. The Labute approximate surface area is 193 Å². The molecule has 0 amide bonds. The molecule has 1 aromatic carbocycles. The van der Waals surface area contributed by atoms with Crippen LogP contribution in [-0.4, -0.2) is 37.8 Å². The molecule has 4 rings (SSSR count). The molecule has 1 fully saturated rings. The van der Waals surface area contributed by atoms with Crippen LogP contribution in [0.2, 0.25) is 0 Å². The lowest BCUT2D eigenvalue weighted by atomic mass is 10.1. The highest BCUT2D eigenvalue weighted by atomic mass is 19.4. The van der Waals surface area contributed by atoms with Gasteiger partial charge in [0.05, 0.1) is 18.7 Å². The molecule has 1 saturated heterocycles. The number of anilines is 1. The average Bonchev–Trinajstić information content (AvgIpc) is 3.18. The van der Waals surface area contributed by atoms with Gasteiger partial charge in [-0.1, -0.05) is 18.1 Å². The van der Waals surface area contributed by atoms with Crippen molar-refractivity contribution < 1.29 is 13.2 Å². The maximum Gasteiger partial charge on any atom is 0.416 e. The van der Waals surface area contributed by atoms with Crippen LogP contribution in [0.4, 0.5) is 19.1 Å². The van der Waals surface area contributed by atoms with E-state index in [1.807, 2.05) is 4.90 Å². The Kier molecular flexibility index (Phi) is 6.27. The SMILES string of the molecule is CC#CCn1c(N2CCCC(N)C2)nc2c1c(=O)n(Cc1cccc(C(F)(F)F)c1)c(=O)n2C. The van der Waals surface area contributed by atoms with E-state index < -0.39 is 23.0 Å². The summed E-state index contributed by atoms with van der Waals surface area (Å²) in [6.07, 6.45) is -2.78. The van der Waals surface area contributed by atoms with Crippen molar-refractivity contribution >= 4 is 17.1 Å². The Bertz CT molecular complexity index is 1410. The number of benzene rings is 1. The molecule has 180 valence electrons. The summed E-state index contributed by atoms with van der Waals surface area (Å²) in [5, 5.41) is 0. The van der Waals surface area contributed by atoms with Gasteiger partial charge in [0.1, 0.15) is 0 Å². The number of rotatable bonds is 4. The molecular weight excluding hydrogens is 449 g/mol. The summed E-state index contributed by atoms with van der Waals surface area (Å²) in [6.45, 7) is 2.79. The van der Waals surface area contributed by atoms with Gasteiger partial charge in [0.25, 0.3) is 5.56 Å². The van der Waals surface area contributed by atoms with E-state index in [1.165, 1.54) is 23.7 Å². The Morgan fingerprint density at radius 3 is 2.68 bits per heavy atom. The largest absolute Gasteiger partial charge is 0.416 e. The van der Waals surface area contributed by atoms with E-state index in [2.05, 4.69) is 16.8 Å². The first-order chi connectivity index (χ1) is 16.1. The maximum atomic E-state index is 13.5. The Balaban J connectivity index is 1.89. The monoisotopic (exact) mass is 474 g/mol. The highest BCUT2D eigenvalue weighted by Crippen LogP contribution is 2.29. The molecule has 3 aromatic rings. The lowest BCUT2D eigenvalue weighted by molar-refractivity contribution is -0.137. The number of hydrogen-bond donors (Lipinski definition) is 1. The highest BCUT2D eigenvalue weighted by Gasteiger charge is 2.31. The summed E-state index contributed by atoms with van der Waals surface area (Å²) in [4.78, 5) is 33.1. The number of nitrogens with two attached hydrogens (primary N) is 1. The van der Waals surface area contributed by atoms with E-state index in [4.69, 9.17) is 5.73 Å². The van der Waals surface area contributed by atoms with Gasteiger partial charge in [0, 0.05) is 26.2 Å². The third-order valence-corrected chi connectivity index (χ3v) is 5.96. The summed E-state index contributed by atoms with van der Waals surface area (Å²) in [7, 11) is 1.49. The first-order valence-electron chi connectivity index (χ1n) is 10.9. The topological polar surface area (TPSA) is 91.1 Å². The summed E-state index contributed by atoms with van der Waals surface area (Å²) in [6, 6.07) is 4.55. The Hall–Kier alpha value is -3.52. The maximum absolute atomic E-state index is 13.5.